The predicted molar refractivity (Wildman–Crippen MR) is 105 cm³/mol. The summed E-state index contributed by atoms with van der Waals surface area (Å²) < 4.78 is 5.01. The second kappa shape index (κ2) is 8.58. The molecule has 0 aliphatic heterocycles. The van der Waals surface area contributed by atoms with Crippen LogP contribution in [-0.4, -0.2) is 23.5 Å². The van der Waals surface area contributed by atoms with Gasteiger partial charge in [-0.3, -0.25) is 9.59 Å². The number of hydrogen-bond acceptors (Lipinski definition) is 5. The van der Waals surface area contributed by atoms with Crippen LogP contribution in [-0.2, 0) is 0 Å². The molecule has 27 heavy (non-hydrogen) atoms. The molecule has 0 spiro atoms. The second-order valence-electron chi connectivity index (χ2n) is 5.52. The van der Waals surface area contributed by atoms with Crippen LogP contribution in [0.1, 0.15) is 31.9 Å². The average Bonchev–Trinajstić information content (AvgIpc) is 3.30. The maximum Gasteiger partial charge on any atom is 0.291 e. The Bertz CT molecular complexity index is 936. The van der Waals surface area contributed by atoms with Crippen LogP contribution in [0.3, 0.4) is 0 Å². The average molecular weight is 425 g/mol. The summed E-state index contributed by atoms with van der Waals surface area (Å²) in [7, 11) is 0. The van der Waals surface area contributed by atoms with E-state index in [1.54, 1.807) is 42.5 Å². The number of nitrogens with one attached hydrogen (secondary N) is 2. The molecule has 0 fully saturated rings. The van der Waals surface area contributed by atoms with E-state index in [0.29, 0.717) is 25.5 Å². The monoisotopic (exact) mass is 424 g/mol. The number of hydrogen-bond donors (Lipinski definition) is 3. The summed E-state index contributed by atoms with van der Waals surface area (Å²) in [5.74, 6) is -0.592. The maximum atomic E-state index is 12.2. The molecule has 1 unspecified atom stereocenters. The number of aliphatic hydroxyl groups is 1. The van der Waals surface area contributed by atoms with Gasteiger partial charge in [-0.25, -0.2) is 0 Å². The Kier molecular flexibility index (Phi) is 6.18. The van der Waals surface area contributed by atoms with Gasteiger partial charge in [-0.2, -0.15) is 0 Å². The Labute approximate surface area is 168 Å². The van der Waals surface area contributed by atoms with Crippen molar-refractivity contribution in [2.45, 2.75) is 6.10 Å². The molecule has 0 saturated heterocycles. The number of aliphatic hydroxyl groups excluding tert-OH is 1. The van der Waals surface area contributed by atoms with E-state index in [1.165, 1.54) is 6.26 Å². The molecule has 3 aromatic rings. The summed E-state index contributed by atoms with van der Waals surface area (Å²) in [5, 5.41) is 16.8. The lowest BCUT2D eigenvalue weighted by atomic mass is 10.1. The number of halogens is 2. The van der Waals surface area contributed by atoms with Crippen LogP contribution in [0.25, 0.3) is 0 Å². The maximum absolute atomic E-state index is 12.2. The van der Waals surface area contributed by atoms with Crippen LogP contribution < -0.4 is 10.6 Å². The third kappa shape index (κ3) is 5.11. The third-order valence-electron chi connectivity index (χ3n) is 3.54. The van der Waals surface area contributed by atoms with E-state index in [1.807, 2.05) is 0 Å². The van der Waals surface area contributed by atoms with Crippen molar-refractivity contribution < 1.29 is 19.1 Å². The van der Waals surface area contributed by atoms with Gasteiger partial charge in [0, 0.05) is 16.6 Å². The summed E-state index contributed by atoms with van der Waals surface area (Å²) in [6.07, 6.45) is 0.448. The highest BCUT2D eigenvalue weighted by atomic mass is 35.5. The van der Waals surface area contributed by atoms with Crippen molar-refractivity contribution in [1.82, 2.24) is 5.32 Å². The highest BCUT2D eigenvalue weighted by Crippen LogP contribution is 2.25. The molecule has 0 radical (unpaired) electrons. The van der Waals surface area contributed by atoms with E-state index < -0.39 is 12.0 Å². The first-order chi connectivity index (χ1) is 12.9. The topological polar surface area (TPSA) is 91.6 Å². The normalized spacial score (nSPS) is 11.8. The van der Waals surface area contributed by atoms with Crippen LogP contribution >= 0.6 is 34.5 Å². The molecular formula is C18H14Cl2N2O4S. The third-order valence-corrected chi connectivity index (χ3v) is 4.97. The van der Waals surface area contributed by atoms with E-state index >= 15 is 0 Å². The number of thiophene rings is 1. The summed E-state index contributed by atoms with van der Waals surface area (Å²) in [4.78, 5) is 24.6. The molecule has 1 atom stereocenters. The second-order valence-corrected chi connectivity index (χ2v) is 7.48. The van der Waals surface area contributed by atoms with Crippen LogP contribution in [0, 0.1) is 0 Å². The molecule has 2 heterocycles. The van der Waals surface area contributed by atoms with Gasteiger partial charge in [0.15, 0.2) is 5.76 Å². The summed E-state index contributed by atoms with van der Waals surface area (Å²) in [6.45, 7) is -0.0124. The molecule has 2 aromatic heterocycles. The van der Waals surface area contributed by atoms with Gasteiger partial charge >= 0.3 is 0 Å². The fraction of sp³-hybridized carbons (Fsp3) is 0.111. The fourth-order valence-corrected chi connectivity index (χ4v) is 3.63. The van der Waals surface area contributed by atoms with Gasteiger partial charge in [-0.05, 0) is 48.0 Å². The van der Waals surface area contributed by atoms with Crippen LogP contribution in [0.2, 0.25) is 10.0 Å². The number of carbonyl (C=O) groups excluding carboxylic acids is 2. The minimum absolute atomic E-state index is 0.0124. The van der Waals surface area contributed by atoms with E-state index in [-0.39, 0.29) is 18.2 Å². The first-order valence-corrected chi connectivity index (χ1v) is 9.36. The van der Waals surface area contributed by atoms with Gasteiger partial charge in [-0.15, -0.1) is 11.3 Å². The molecule has 0 aliphatic rings. The molecule has 1 aromatic carbocycles. The molecule has 0 bridgehead atoms. The van der Waals surface area contributed by atoms with Crippen molar-refractivity contribution >= 4 is 51.4 Å². The van der Waals surface area contributed by atoms with Crippen molar-refractivity contribution in [2.24, 2.45) is 0 Å². The number of rotatable bonds is 6. The highest BCUT2D eigenvalue weighted by molar-refractivity contribution is 7.18. The van der Waals surface area contributed by atoms with E-state index in [0.717, 1.165) is 11.3 Å². The SMILES string of the molecule is O=C(Nc1ccc(C(=O)NCC(O)c2cc(Cl)cc(Cl)c2)s1)c1ccco1. The molecule has 6 nitrogen and oxygen atoms in total. The van der Waals surface area contributed by atoms with Crippen molar-refractivity contribution in [3.63, 3.8) is 0 Å². The van der Waals surface area contributed by atoms with Gasteiger partial charge in [0.2, 0.25) is 0 Å². The van der Waals surface area contributed by atoms with Gasteiger partial charge in [0.25, 0.3) is 11.8 Å². The predicted octanol–water partition coefficient (Wildman–Crippen LogP) is 4.36. The van der Waals surface area contributed by atoms with Gasteiger partial charge in [-0.1, -0.05) is 23.2 Å². The summed E-state index contributed by atoms with van der Waals surface area (Å²) >= 11 is 12.9. The standard InChI is InChI=1S/C18H14Cl2N2O4S/c19-11-6-10(7-12(20)8-11)13(23)9-21-18(25)15-3-4-16(27-15)22-17(24)14-2-1-5-26-14/h1-8,13,23H,9H2,(H,21,25)(H,22,24). The van der Waals surface area contributed by atoms with Crippen molar-refractivity contribution in [2.75, 3.05) is 11.9 Å². The van der Waals surface area contributed by atoms with Gasteiger partial charge in [0.1, 0.15) is 0 Å². The molecular weight excluding hydrogens is 411 g/mol. The zero-order valence-corrected chi connectivity index (χ0v) is 16.1. The lowest BCUT2D eigenvalue weighted by molar-refractivity contribution is 0.0919. The Morgan fingerprint density at radius 3 is 2.52 bits per heavy atom. The van der Waals surface area contributed by atoms with E-state index in [2.05, 4.69) is 10.6 Å². The Hall–Kier alpha value is -2.32. The highest BCUT2D eigenvalue weighted by Gasteiger charge is 2.15. The number of carbonyl (C=O) groups is 2. The molecule has 0 saturated carbocycles. The molecule has 0 aliphatic carbocycles. The summed E-state index contributed by atoms with van der Waals surface area (Å²) in [5.41, 5.74) is 0.505. The van der Waals surface area contributed by atoms with Crippen molar-refractivity contribution in [1.29, 1.82) is 0 Å². The molecule has 140 valence electrons. The van der Waals surface area contributed by atoms with Gasteiger partial charge < -0.3 is 20.2 Å². The Morgan fingerprint density at radius 1 is 1.11 bits per heavy atom. The first-order valence-electron chi connectivity index (χ1n) is 7.79. The Balaban J connectivity index is 1.57. The molecule has 2 amide bonds. The lowest BCUT2D eigenvalue weighted by Gasteiger charge is -2.12. The van der Waals surface area contributed by atoms with Crippen LogP contribution in [0.15, 0.2) is 53.1 Å². The number of furan rings is 1. The zero-order chi connectivity index (χ0) is 19.4. The van der Waals surface area contributed by atoms with E-state index in [9.17, 15) is 14.7 Å². The minimum Gasteiger partial charge on any atom is -0.459 e. The number of anilines is 1. The quantitative estimate of drug-likeness (QED) is 0.547. The van der Waals surface area contributed by atoms with Crippen molar-refractivity contribution in [3.8, 4) is 0 Å². The smallest absolute Gasteiger partial charge is 0.291 e. The van der Waals surface area contributed by atoms with E-state index in [4.69, 9.17) is 27.6 Å². The fourth-order valence-electron chi connectivity index (χ4n) is 2.27. The van der Waals surface area contributed by atoms with Gasteiger partial charge in [0.05, 0.1) is 22.2 Å². The summed E-state index contributed by atoms with van der Waals surface area (Å²) in [6, 6.07) is 11.1. The van der Waals surface area contributed by atoms with Crippen molar-refractivity contribution in [3.05, 3.63) is 75.0 Å². The Morgan fingerprint density at radius 2 is 1.85 bits per heavy atom. The van der Waals surface area contributed by atoms with Crippen LogP contribution in [0.5, 0.6) is 0 Å². The molecule has 9 heteroatoms. The molecule has 3 N–H and O–H groups in total. The molecule has 3 rings (SSSR count). The largest absolute Gasteiger partial charge is 0.459 e. The number of amides is 2. The number of benzene rings is 1. The zero-order valence-electron chi connectivity index (χ0n) is 13.7. The lowest BCUT2D eigenvalue weighted by Crippen LogP contribution is -2.27. The van der Waals surface area contributed by atoms with Crippen LogP contribution in [0.4, 0.5) is 5.00 Å². The first kappa shape index (κ1) is 19.4. The minimum atomic E-state index is -0.955.